The third-order valence-corrected chi connectivity index (χ3v) is 1.02. The molecule has 1 heterocycles. The molecule has 0 unspecified atom stereocenters. The molecule has 1 amide bonds. The summed E-state index contributed by atoms with van der Waals surface area (Å²) < 4.78 is 4.64. The molecule has 0 aliphatic rings. The number of rotatable bonds is 3. The van der Waals surface area contributed by atoms with E-state index in [1.165, 1.54) is 0 Å². The van der Waals surface area contributed by atoms with Crippen molar-refractivity contribution in [2.45, 2.75) is 6.54 Å². The molecule has 0 radical (unpaired) electrons. The summed E-state index contributed by atoms with van der Waals surface area (Å²) in [6.45, 7) is 0.431. The van der Waals surface area contributed by atoms with Crippen LogP contribution >= 0.6 is 0 Å². The molecule has 0 aliphatic carbocycles. The largest absolute Gasteiger partial charge is 0.363 e. The van der Waals surface area contributed by atoms with Gasteiger partial charge in [0.1, 0.15) is 0 Å². The Hall–Kier alpha value is -1.43. The van der Waals surface area contributed by atoms with Gasteiger partial charge in [0.25, 0.3) is 11.7 Å². The van der Waals surface area contributed by atoms with Gasteiger partial charge in [-0.05, 0) is 7.05 Å². The number of primary amides is 1. The van der Waals surface area contributed by atoms with Crippen LogP contribution in [0.2, 0.25) is 0 Å². The van der Waals surface area contributed by atoms with E-state index >= 15 is 0 Å². The van der Waals surface area contributed by atoms with E-state index in [0.717, 1.165) is 0 Å². The normalized spacial score (nSPS) is 9.91. The van der Waals surface area contributed by atoms with Crippen LogP contribution in [-0.2, 0) is 6.54 Å². The minimum atomic E-state index is -0.684. The zero-order valence-corrected chi connectivity index (χ0v) is 6.00. The second kappa shape index (κ2) is 3.11. The van der Waals surface area contributed by atoms with E-state index in [1.54, 1.807) is 7.05 Å². The monoisotopic (exact) mass is 156 g/mol. The molecule has 0 atom stereocenters. The van der Waals surface area contributed by atoms with E-state index in [2.05, 4.69) is 20.0 Å². The van der Waals surface area contributed by atoms with E-state index < -0.39 is 5.91 Å². The second-order valence-corrected chi connectivity index (χ2v) is 1.91. The van der Waals surface area contributed by atoms with Crippen LogP contribution < -0.4 is 11.1 Å². The molecule has 1 aromatic rings. The Morgan fingerprint density at radius 3 is 3.00 bits per heavy atom. The smallest absolute Gasteiger partial charge is 0.290 e. The van der Waals surface area contributed by atoms with Crippen LogP contribution in [0.25, 0.3) is 0 Å². The van der Waals surface area contributed by atoms with Crippen molar-refractivity contribution in [3.63, 3.8) is 0 Å². The molecule has 6 nitrogen and oxygen atoms in total. The molecular weight excluding hydrogens is 148 g/mol. The van der Waals surface area contributed by atoms with Crippen LogP contribution in [-0.4, -0.2) is 23.1 Å². The third kappa shape index (κ3) is 1.74. The van der Waals surface area contributed by atoms with Gasteiger partial charge in [-0.3, -0.25) is 4.79 Å². The molecule has 0 aliphatic heterocycles. The summed E-state index contributed by atoms with van der Waals surface area (Å²) in [7, 11) is 1.73. The number of carbonyl (C=O) groups excluding carboxylic acids is 1. The Morgan fingerprint density at radius 2 is 2.55 bits per heavy atom. The van der Waals surface area contributed by atoms with Gasteiger partial charge >= 0.3 is 0 Å². The summed E-state index contributed by atoms with van der Waals surface area (Å²) in [4.78, 5) is 14.1. The number of hydrogen-bond acceptors (Lipinski definition) is 5. The highest BCUT2D eigenvalue weighted by Gasteiger charge is 2.09. The standard InChI is InChI=1S/C5H8N4O2/c1-7-2-3-8-5(4(6)10)9-11-3/h7H,2H2,1H3,(H2,6,10). The molecule has 1 rings (SSSR count). The molecule has 3 N–H and O–H groups in total. The van der Waals surface area contributed by atoms with Crippen molar-refractivity contribution >= 4 is 5.91 Å². The summed E-state index contributed by atoms with van der Waals surface area (Å²) in [5, 5.41) is 6.12. The Balaban J connectivity index is 2.73. The van der Waals surface area contributed by atoms with Gasteiger partial charge in [0.15, 0.2) is 0 Å². The van der Waals surface area contributed by atoms with Crippen LogP contribution in [0.3, 0.4) is 0 Å². The van der Waals surface area contributed by atoms with Gasteiger partial charge < -0.3 is 15.6 Å². The van der Waals surface area contributed by atoms with E-state index in [1.807, 2.05) is 0 Å². The van der Waals surface area contributed by atoms with Gasteiger partial charge in [-0.25, -0.2) is 0 Å². The quantitative estimate of drug-likeness (QED) is 0.578. The lowest BCUT2D eigenvalue weighted by Crippen LogP contribution is -2.13. The number of nitrogens with zero attached hydrogens (tertiary/aromatic N) is 2. The fraction of sp³-hybridized carbons (Fsp3) is 0.400. The average Bonchev–Trinajstić information content (AvgIpc) is 2.37. The van der Waals surface area contributed by atoms with Crippen molar-refractivity contribution < 1.29 is 9.32 Å². The molecule has 0 aromatic carbocycles. The van der Waals surface area contributed by atoms with Crippen LogP contribution in [0.15, 0.2) is 4.52 Å². The molecular formula is C5H8N4O2. The molecule has 0 bridgehead atoms. The maximum atomic E-state index is 10.4. The lowest BCUT2D eigenvalue weighted by Gasteiger charge is -1.86. The Bertz CT molecular complexity index is 257. The molecule has 0 spiro atoms. The highest BCUT2D eigenvalue weighted by molar-refractivity contribution is 5.88. The predicted molar refractivity (Wildman–Crippen MR) is 35.6 cm³/mol. The first-order valence-electron chi connectivity index (χ1n) is 3.01. The summed E-state index contributed by atoms with van der Waals surface area (Å²) >= 11 is 0. The number of hydrogen-bond donors (Lipinski definition) is 2. The Kier molecular flexibility index (Phi) is 2.17. The van der Waals surface area contributed by atoms with Gasteiger partial charge in [-0.2, -0.15) is 4.98 Å². The van der Waals surface area contributed by atoms with Gasteiger partial charge in [0.05, 0.1) is 6.54 Å². The molecule has 0 fully saturated rings. The minimum absolute atomic E-state index is 0.0877. The molecule has 60 valence electrons. The lowest BCUT2D eigenvalue weighted by atomic mass is 10.6. The van der Waals surface area contributed by atoms with Crippen LogP contribution in [0, 0.1) is 0 Å². The van der Waals surface area contributed by atoms with Crippen LogP contribution in [0.4, 0.5) is 0 Å². The second-order valence-electron chi connectivity index (χ2n) is 1.91. The molecule has 0 saturated heterocycles. The van der Waals surface area contributed by atoms with Crippen molar-refractivity contribution in [2.24, 2.45) is 5.73 Å². The van der Waals surface area contributed by atoms with E-state index in [-0.39, 0.29) is 5.82 Å². The average molecular weight is 156 g/mol. The number of nitrogens with two attached hydrogens (primary N) is 1. The lowest BCUT2D eigenvalue weighted by molar-refractivity contribution is 0.0987. The van der Waals surface area contributed by atoms with Gasteiger partial charge in [0, 0.05) is 0 Å². The van der Waals surface area contributed by atoms with Crippen LogP contribution in [0.1, 0.15) is 16.5 Å². The van der Waals surface area contributed by atoms with E-state index in [9.17, 15) is 4.79 Å². The Morgan fingerprint density at radius 1 is 1.82 bits per heavy atom. The molecule has 6 heteroatoms. The third-order valence-electron chi connectivity index (χ3n) is 1.02. The van der Waals surface area contributed by atoms with Crippen molar-refractivity contribution in [1.82, 2.24) is 15.5 Å². The summed E-state index contributed by atoms with van der Waals surface area (Å²) in [6.07, 6.45) is 0. The molecule has 1 aromatic heterocycles. The Labute approximate surface area is 62.8 Å². The summed E-state index contributed by atoms with van der Waals surface area (Å²) in [5.74, 6) is -0.423. The SMILES string of the molecule is CNCc1nc(C(N)=O)no1. The zero-order chi connectivity index (χ0) is 8.27. The fourth-order valence-electron chi connectivity index (χ4n) is 0.578. The summed E-state index contributed by atoms with van der Waals surface area (Å²) in [6, 6.07) is 0. The van der Waals surface area contributed by atoms with E-state index in [4.69, 9.17) is 5.73 Å². The number of amides is 1. The number of aromatic nitrogens is 2. The highest BCUT2D eigenvalue weighted by atomic mass is 16.5. The van der Waals surface area contributed by atoms with Crippen molar-refractivity contribution in [2.75, 3.05) is 7.05 Å². The first-order valence-corrected chi connectivity index (χ1v) is 3.01. The predicted octanol–water partition coefficient (Wildman–Crippen LogP) is -1.11. The molecule has 0 saturated carbocycles. The van der Waals surface area contributed by atoms with Gasteiger partial charge in [-0.15, -0.1) is 0 Å². The van der Waals surface area contributed by atoms with Crippen molar-refractivity contribution in [3.8, 4) is 0 Å². The topological polar surface area (TPSA) is 94.0 Å². The maximum absolute atomic E-state index is 10.4. The number of carbonyl (C=O) groups is 1. The molecule has 11 heavy (non-hydrogen) atoms. The highest BCUT2D eigenvalue weighted by Crippen LogP contribution is 1.94. The van der Waals surface area contributed by atoms with Gasteiger partial charge in [0.2, 0.25) is 5.89 Å². The van der Waals surface area contributed by atoms with Crippen molar-refractivity contribution in [1.29, 1.82) is 0 Å². The first-order chi connectivity index (χ1) is 5.24. The van der Waals surface area contributed by atoms with Gasteiger partial charge in [-0.1, -0.05) is 5.16 Å². The minimum Gasteiger partial charge on any atom is -0.363 e. The van der Waals surface area contributed by atoms with Crippen molar-refractivity contribution in [3.05, 3.63) is 11.7 Å². The zero-order valence-electron chi connectivity index (χ0n) is 6.00. The van der Waals surface area contributed by atoms with E-state index in [0.29, 0.717) is 12.4 Å². The number of nitrogens with one attached hydrogen (secondary N) is 1. The van der Waals surface area contributed by atoms with Crippen LogP contribution in [0.5, 0.6) is 0 Å². The maximum Gasteiger partial charge on any atom is 0.290 e. The summed E-state index contributed by atoms with van der Waals surface area (Å²) in [5.41, 5.74) is 4.88. The first kappa shape index (κ1) is 7.67. The fourth-order valence-corrected chi connectivity index (χ4v) is 0.578.